The predicted molar refractivity (Wildman–Crippen MR) is 361 cm³/mol. The van der Waals surface area contributed by atoms with Gasteiger partial charge in [-0.05, 0) is 89.9 Å². The number of amides is 1. The lowest BCUT2D eigenvalue weighted by molar-refractivity contribution is -0.143. The van der Waals surface area contributed by atoms with Crippen LogP contribution in [0, 0.1) is 0 Å². The molecule has 0 aromatic rings. The Hall–Kier alpha value is -2.18. The first-order valence-electron chi connectivity index (χ1n) is 36.9. The average Bonchev–Trinajstić information content (AvgIpc) is 3.48. The van der Waals surface area contributed by atoms with E-state index in [-0.39, 0.29) is 18.5 Å². The summed E-state index contributed by atoms with van der Waals surface area (Å²) in [6.45, 7) is 4.90. The monoisotopic (exact) mass is 1150 g/mol. The Kier molecular flexibility index (Phi) is 69.4. The third kappa shape index (κ3) is 67.0. The van der Waals surface area contributed by atoms with E-state index in [9.17, 15) is 19.8 Å². The van der Waals surface area contributed by atoms with Gasteiger partial charge in [0.15, 0.2) is 0 Å². The SMILES string of the molecule is CCCCCC/C=C\C/C=C\CCCCCCCC(=O)OCCCCCCCCCCCCCCCC/C=C\CCCCCCCCCCCCCCCCCCCC(=O)NC(CO)C(O)/C=C/CCCCCCCCCCCCCC. The molecule has 0 bridgehead atoms. The van der Waals surface area contributed by atoms with Gasteiger partial charge in [-0.25, -0.2) is 0 Å². The molecule has 3 N–H and O–H groups in total. The maximum absolute atomic E-state index is 12.5. The van der Waals surface area contributed by atoms with Crippen molar-refractivity contribution in [2.24, 2.45) is 0 Å². The fraction of sp³-hybridized carbons (Fsp3) is 0.868. The van der Waals surface area contributed by atoms with Crippen molar-refractivity contribution >= 4 is 11.9 Å². The maximum Gasteiger partial charge on any atom is 0.305 e. The highest BCUT2D eigenvalue weighted by Gasteiger charge is 2.18. The molecular weight excluding hydrogens is 1010 g/mol. The molecule has 6 heteroatoms. The second-order valence-corrected chi connectivity index (χ2v) is 25.3. The Morgan fingerprint density at radius 2 is 0.610 bits per heavy atom. The number of allylic oxidation sites excluding steroid dienone is 7. The van der Waals surface area contributed by atoms with Crippen LogP contribution >= 0.6 is 0 Å². The molecule has 82 heavy (non-hydrogen) atoms. The first kappa shape index (κ1) is 79.8. The van der Waals surface area contributed by atoms with Crippen LogP contribution in [0.3, 0.4) is 0 Å². The predicted octanol–water partition coefficient (Wildman–Crippen LogP) is 24.0. The molecule has 1 amide bonds. The number of unbranched alkanes of at least 4 members (excludes halogenated alkanes) is 52. The third-order valence-electron chi connectivity index (χ3n) is 17.1. The molecule has 0 spiro atoms. The quantitative estimate of drug-likeness (QED) is 0.0320. The van der Waals surface area contributed by atoms with Gasteiger partial charge in [0.05, 0.1) is 25.4 Å². The fourth-order valence-corrected chi connectivity index (χ4v) is 11.4. The Morgan fingerprint density at radius 3 is 0.951 bits per heavy atom. The van der Waals surface area contributed by atoms with Crippen molar-refractivity contribution in [3.8, 4) is 0 Å². The highest BCUT2D eigenvalue weighted by Crippen LogP contribution is 2.18. The number of carbonyl (C=O) groups is 2. The number of aliphatic hydroxyl groups is 2. The highest BCUT2D eigenvalue weighted by atomic mass is 16.5. The van der Waals surface area contributed by atoms with Crippen molar-refractivity contribution in [1.29, 1.82) is 0 Å². The first-order chi connectivity index (χ1) is 40.5. The molecule has 6 nitrogen and oxygen atoms in total. The summed E-state index contributed by atoms with van der Waals surface area (Å²) in [5.74, 6) is -0.0562. The van der Waals surface area contributed by atoms with Gasteiger partial charge in [-0.3, -0.25) is 9.59 Å². The lowest BCUT2D eigenvalue weighted by Gasteiger charge is -2.20. The summed E-state index contributed by atoms with van der Waals surface area (Å²) in [6, 6.07) is -0.625. The molecule has 0 saturated heterocycles. The number of aliphatic hydroxyl groups excluding tert-OH is 2. The van der Waals surface area contributed by atoms with Crippen molar-refractivity contribution in [3.63, 3.8) is 0 Å². The molecule has 2 unspecified atom stereocenters. The molecule has 0 aromatic heterocycles. The minimum atomic E-state index is -0.842. The normalized spacial score (nSPS) is 12.8. The molecule has 0 rings (SSSR count). The van der Waals surface area contributed by atoms with E-state index in [0.29, 0.717) is 19.4 Å². The van der Waals surface area contributed by atoms with Gasteiger partial charge in [-0.1, -0.05) is 345 Å². The van der Waals surface area contributed by atoms with Crippen LogP contribution in [0.5, 0.6) is 0 Å². The summed E-state index contributed by atoms with van der Waals surface area (Å²) < 4.78 is 5.49. The van der Waals surface area contributed by atoms with Crippen molar-refractivity contribution in [1.82, 2.24) is 5.32 Å². The van der Waals surface area contributed by atoms with Gasteiger partial charge in [0.2, 0.25) is 5.91 Å². The number of ether oxygens (including phenoxy) is 1. The van der Waals surface area contributed by atoms with Crippen molar-refractivity contribution in [2.45, 2.75) is 411 Å². The van der Waals surface area contributed by atoms with Crippen molar-refractivity contribution < 1.29 is 24.5 Å². The molecule has 0 radical (unpaired) electrons. The maximum atomic E-state index is 12.5. The smallest absolute Gasteiger partial charge is 0.305 e. The third-order valence-corrected chi connectivity index (χ3v) is 17.1. The average molecular weight is 1150 g/mol. The van der Waals surface area contributed by atoms with E-state index >= 15 is 0 Å². The van der Waals surface area contributed by atoms with Gasteiger partial charge in [-0.15, -0.1) is 0 Å². The van der Waals surface area contributed by atoms with Crippen LogP contribution in [0.25, 0.3) is 0 Å². The van der Waals surface area contributed by atoms with E-state index < -0.39 is 12.1 Å². The molecule has 0 aliphatic rings. The van der Waals surface area contributed by atoms with Crippen LogP contribution in [0.1, 0.15) is 399 Å². The number of esters is 1. The topological polar surface area (TPSA) is 95.9 Å². The van der Waals surface area contributed by atoms with Crippen LogP contribution < -0.4 is 5.32 Å². The van der Waals surface area contributed by atoms with E-state index in [1.54, 1.807) is 6.08 Å². The van der Waals surface area contributed by atoms with Crippen LogP contribution in [0.2, 0.25) is 0 Å². The number of rotatable bonds is 69. The summed E-state index contributed by atoms with van der Waals surface area (Å²) in [5.41, 5.74) is 0. The van der Waals surface area contributed by atoms with E-state index in [4.69, 9.17) is 4.74 Å². The second kappa shape index (κ2) is 71.3. The molecule has 0 aromatic carbocycles. The van der Waals surface area contributed by atoms with E-state index in [1.807, 2.05) is 6.08 Å². The zero-order valence-electron chi connectivity index (χ0n) is 55.2. The van der Waals surface area contributed by atoms with Gasteiger partial charge < -0.3 is 20.3 Å². The van der Waals surface area contributed by atoms with E-state index in [1.165, 1.54) is 321 Å². The molecule has 0 aliphatic heterocycles. The van der Waals surface area contributed by atoms with Gasteiger partial charge in [-0.2, -0.15) is 0 Å². The molecule has 0 fully saturated rings. The summed E-state index contributed by atoms with van der Waals surface area (Å²) in [5, 5.41) is 23.2. The van der Waals surface area contributed by atoms with Crippen molar-refractivity contribution in [3.05, 3.63) is 48.6 Å². The summed E-state index contributed by atoms with van der Waals surface area (Å²) in [4.78, 5) is 24.6. The number of hydrogen-bond acceptors (Lipinski definition) is 5. The van der Waals surface area contributed by atoms with Crippen LogP contribution in [-0.4, -0.2) is 47.4 Å². The zero-order chi connectivity index (χ0) is 59.2. The van der Waals surface area contributed by atoms with Gasteiger partial charge in [0.25, 0.3) is 0 Å². The first-order valence-corrected chi connectivity index (χ1v) is 36.9. The van der Waals surface area contributed by atoms with Gasteiger partial charge >= 0.3 is 5.97 Å². The molecule has 0 heterocycles. The molecule has 2 atom stereocenters. The molecule has 0 saturated carbocycles. The minimum Gasteiger partial charge on any atom is -0.466 e. The Morgan fingerprint density at radius 1 is 0.341 bits per heavy atom. The molecular formula is C76H143NO5. The van der Waals surface area contributed by atoms with Gasteiger partial charge in [0, 0.05) is 12.8 Å². The highest BCUT2D eigenvalue weighted by molar-refractivity contribution is 5.76. The second-order valence-electron chi connectivity index (χ2n) is 25.3. The standard InChI is InChI=1S/C76H143NO5/c1-3-5-7-9-11-13-15-17-19-42-46-50-54-58-62-66-70-76(81)82-71-67-63-59-55-51-47-43-40-38-36-34-32-30-28-26-24-22-20-21-23-25-27-29-31-33-35-37-39-41-45-49-53-57-61-65-69-75(80)77-73(72-78)74(79)68-64-60-56-52-48-44-18-16-14-12-10-8-6-4-2/h13,15,19,22,24,42,64,68,73-74,78-79H,3-12,14,16-18,20-21,23,25-41,43-63,65-67,69-72H2,1-2H3,(H,77,80)/b15-13-,24-22-,42-19-,68-64+. The van der Waals surface area contributed by atoms with Crippen LogP contribution in [-0.2, 0) is 14.3 Å². The minimum absolute atomic E-state index is 0.00662. The van der Waals surface area contributed by atoms with E-state index in [2.05, 4.69) is 55.6 Å². The number of hydrogen-bond donors (Lipinski definition) is 3. The lowest BCUT2D eigenvalue weighted by atomic mass is 10.0. The number of nitrogens with one attached hydrogen (secondary N) is 1. The van der Waals surface area contributed by atoms with E-state index in [0.717, 1.165) is 51.4 Å². The molecule has 0 aliphatic carbocycles. The van der Waals surface area contributed by atoms with Crippen LogP contribution in [0.15, 0.2) is 48.6 Å². The summed E-state index contributed by atoms with van der Waals surface area (Å²) in [6.07, 6.45) is 93.6. The number of carbonyl (C=O) groups excluding carboxylic acids is 2. The van der Waals surface area contributed by atoms with Gasteiger partial charge in [0.1, 0.15) is 0 Å². The Balaban J connectivity index is 3.35. The van der Waals surface area contributed by atoms with Crippen LogP contribution in [0.4, 0.5) is 0 Å². The Bertz CT molecular complexity index is 1370. The fourth-order valence-electron chi connectivity index (χ4n) is 11.4. The Labute approximate surface area is 512 Å². The zero-order valence-corrected chi connectivity index (χ0v) is 55.2. The largest absolute Gasteiger partial charge is 0.466 e. The summed E-state index contributed by atoms with van der Waals surface area (Å²) in [7, 11) is 0. The van der Waals surface area contributed by atoms with Crippen molar-refractivity contribution in [2.75, 3.05) is 13.2 Å². The lowest BCUT2D eigenvalue weighted by Crippen LogP contribution is -2.45. The summed E-state index contributed by atoms with van der Waals surface area (Å²) >= 11 is 0. The molecule has 482 valence electrons.